The molecule has 35 heavy (non-hydrogen) atoms. The third kappa shape index (κ3) is 2.93. The SMILES string of the molecule is CN(C(=O)/C=C/C1=CCC=C1)[C@@H]1CC[C@@]2(O)[C@H]3Cc4ccc(O)c5c4[C@@]2(CCN3CC2CC2)[C@H]1O5. The molecule has 0 aromatic heterocycles. The summed E-state index contributed by atoms with van der Waals surface area (Å²) in [5.41, 5.74) is 1.73. The topological polar surface area (TPSA) is 73.2 Å². The van der Waals surface area contributed by atoms with Gasteiger partial charge in [0.2, 0.25) is 5.91 Å². The molecule has 7 rings (SSSR count). The van der Waals surface area contributed by atoms with Crippen LogP contribution in [0.15, 0.2) is 48.1 Å². The van der Waals surface area contributed by atoms with Gasteiger partial charge in [-0.3, -0.25) is 9.69 Å². The molecule has 6 heteroatoms. The number of phenolic OH excluding ortho intramolecular Hbond substituents is 1. The van der Waals surface area contributed by atoms with Crippen LogP contribution in [0.1, 0.15) is 49.7 Å². The number of benzene rings is 1. The number of aromatic hydroxyl groups is 1. The number of carbonyl (C=O) groups excluding carboxylic acids is 1. The molecule has 0 unspecified atom stereocenters. The summed E-state index contributed by atoms with van der Waals surface area (Å²) >= 11 is 0. The summed E-state index contributed by atoms with van der Waals surface area (Å²) in [4.78, 5) is 17.6. The smallest absolute Gasteiger partial charge is 0.246 e. The fourth-order valence-corrected chi connectivity index (χ4v) is 7.90. The Morgan fingerprint density at radius 3 is 2.91 bits per heavy atom. The number of carbonyl (C=O) groups is 1. The Bertz CT molecular complexity index is 1180. The third-order valence-corrected chi connectivity index (χ3v) is 9.79. The summed E-state index contributed by atoms with van der Waals surface area (Å²) in [7, 11) is 1.85. The lowest BCUT2D eigenvalue weighted by Gasteiger charge is -2.64. The highest BCUT2D eigenvalue weighted by atomic mass is 16.5. The first-order valence-electron chi connectivity index (χ1n) is 13.2. The second-order valence-electron chi connectivity index (χ2n) is 11.5. The predicted octanol–water partition coefficient (Wildman–Crippen LogP) is 3.23. The molecule has 2 N–H and O–H groups in total. The molecular weight excluding hydrogens is 440 g/mol. The van der Waals surface area contributed by atoms with E-state index in [0.29, 0.717) is 18.6 Å². The maximum atomic E-state index is 13.2. The summed E-state index contributed by atoms with van der Waals surface area (Å²) in [6, 6.07) is 3.64. The minimum Gasteiger partial charge on any atom is -0.504 e. The van der Waals surface area contributed by atoms with E-state index in [1.807, 2.05) is 25.3 Å². The summed E-state index contributed by atoms with van der Waals surface area (Å²) in [5, 5.41) is 23.3. The van der Waals surface area contributed by atoms with Crippen LogP contribution in [0.4, 0.5) is 0 Å². The van der Waals surface area contributed by atoms with Crippen molar-refractivity contribution in [3.8, 4) is 11.5 Å². The van der Waals surface area contributed by atoms with E-state index >= 15 is 0 Å². The summed E-state index contributed by atoms with van der Waals surface area (Å²) < 4.78 is 6.60. The van der Waals surface area contributed by atoms with Gasteiger partial charge in [-0.25, -0.2) is 0 Å². The standard InChI is InChI=1S/C29H34N2O4/c1-30(24(33)11-8-18-4-2-3-5-18)21-12-13-29(34)23-16-20-9-10-22(32)26-25(20)28(29,27(21)35-26)14-15-31(23)17-19-6-7-19/h2,4-5,8-11,19,21,23,27,32,34H,3,6-7,12-17H2,1H3/b11-8+/t21-,23-,27+,28+,29-/m1/s1. The molecule has 1 spiro atoms. The summed E-state index contributed by atoms with van der Waals surface area (Å²) in [6.07, 6.45) is 15.7. The maximum Gasteiger partial charge on any atom is 0.246 e. The molecule has 1 amide bonds. The monoisotopic (exact) mass is 474 g/mol. The molecule has 2 heterocycles. The quantitative estimate of drug-likeness (QED) is 0.641. The first-order valence-corrected chi connectivity index (χ1v) is 13.2. The highest BCUT2D eigenvalue weighted by Gasteiger charge is 2.73. The van der Waals surface area contributed by atoms with E-state index in [9.17, 15) is 15.0 Å². The second-order valence-corrected chi connectivity index (χ2v) is 11.5. The van der Waals surface area contributed by atoms with E-state index in [-0.39, 0.29) is 29.8 Å². The first kappa shape index (κ1) is 21.7. The Morgan fingerprint density at radius 2 is 2.14 bits per heavy atom. The van der Waals surface area contributed by atoms with Gasteiger partial charge in [0, 0.05) is 31.3 Å². The number of allylic oxidation sites excluding steroid dienone is 5. The molecule has 3 fully saturated rings. The van der Waals surface area contributed by atoms with Gasteiger partial charge in [-0.15, -0.1) is 0 Å². The zero-order valence-corrected chi connectivity index (χ0v) is 20.3. The van der Waals surface area contributed by atoms with Crippen molar-refractivity contribution >= 4 is 5.91 Å². The number of phenols is 1. The number of aliphatic hydroxyl groups is 1. The number of piperidine rings is 1. The van der Waals surface area contributed by atoms with Gasteiger partial charge in [-0.05, 0) is 80.7 Å². The highest BCUT2D eigenvalue weighted by Crippen LogP contribution is 2.66. The number of hydrogen-bond donors (Lipinski definition) is 2. The lowest BCUT2D eigenvalue weighted by atomic mass is 9.48. The molecule has 6 nitrogen and oxygen atoms in total. The Hall–Kier alpha value is -2.57. The number of nitrogens with zero attached hydrogens (tertiary/aromatic N) is 2. The van der Waals surface area contributed by atoms with Gasteiger partial charge in [-0.1, -0.05) is 24.3 Å². The fourth-order valence-electron chi connectivity index (χ4n) is 7.90. The predicted molar refractivity (Wildman–Crippen MR) is 132 cm³/mol. The average Bonchev–Trinajstić information content (AvgIpc) is 3.36. The molecule has 1 aromatic carbocycles. The third-order valence-electron chi connectivity index (χ3n) is 9.79. The minimum absolute atomic E-state index is 0.0499. The number of ether oxygens (including phenoxy) is 1. The van der Waals surface area contributed by atoms with Crippen molar-refractivity contribution in [2.45, 2.75) is 74.1 Å². The van der Waals surface area contributed by atoms with Crippen molar-refractivity contribution in [3.63, 3.8) is 0 Å². The molecule has 0 radical (unpaired) electrons. The van der Waals surface area contributed by atoms with Crippen molar-refractivity contribution in [2.75, 3.05) is 20.1 Å². The average molecular weight is 475 g/mol. The largest absolute Gasteiger partial charge is 0.504 e. The normalized spacial score (nSPS) is 36.7. The van der Waals surface area contributed by atoms with Crippen molar-refractivity contribution in [2.24, 2.45) is 5.92 Å². The van der Waals surface area contributed by atoms with Crippen LogP contribution in [-0.4, -0.2) is 69.8 Å². The fraction of sp³-hybridized carbons (Fsp3) is 0.552. The Balaban J connectivity index is 1.27. The van der Waals surface area contributed by atoms with Crippen molar-refractivity contribution < 1.29 is 19.7 Å². The molecule has 1 aromatic rings. The lowest BCUT2D eigenvalue weighted by molar-refractivity contribution is -0.200. The van der Waals surface area contributed by atoms with Crippen molar-refractivity contribution in [1.82, 2.24) is 9.80 Å². The van der Waals surface area contributed by atoms with Gasteiger partial charge in [-0.2, -0.15) is 0 Å². The van der Waals surface area contributed by atoms with E-state index in [1.54, 1.807) is 17.0 Å². The maximum absolute atomic E-state index is 13.2. The highest BCUT2D eigenvalue weighted by molar-refractivity contribution is 5.88. The summed E-state index contributed by atoms with van der Waals surface area (Å²) in [5.74, 6) is 1.38. The van der Waals surface area contributed by atoms with Crippen LogP contribution in [-0.2, 0) is 16.6 Å². The zero-order chi connectivity index (χ0) is 23.9. The van der Waals surface area contributed by atoms with Crippen molar-refractivity contribution in [1.29, 1.82) is 0 Å². The number of amides is 1. The van der Waals surface area contributed by atoms with Gasteiger partial charge < -0.3 is 19.8 Å². The zero-order valence-electron chi connectivity index (χ0n) is 20.3. The van der Waals surface area contributed by atoms with Crippen molar-refractivity contribution in [3.05, 3.63) is 59.2 Å². The molecule has 2 saturated carbocycles. The summed E-state index contributed by atoms with van der Waals surface area (Å²) in [6.45, 7) is 1.98. The van der Waals surface area contributed by atoms with E-state index in [1.165, 1.54) is 18.4 Å². The first-order chi connectivity index (χ1) is 16.9. The molecule has 2 aliphatic heterocycles. The molecule has 2 bridgehead atoms. The number of hydrogen-bond acceptors (Lipinski definition) is 5. The van der Waals surface area contributed by atoms with E-state index in [4.69, 9.17) is 4.74 Å². The van der Waals surface area contributed by atoms with Gasteiger partial charge in [0.05, 0.1) is 17.1 Å². The van der Waals surface area contributed by atoms with Crippen LogP contribution >= 0.6 is 0 Å². The van der Waals surface area contributed by atoms with Gasteiger partial charge >= 0.3 is 0 Å². The second kappa shape index (κ2) is 7.47. The number of likely N-dealkylation sites (tertiary alicyclic amines) is 1. The lowest BCUT2D eigenvalue weighted by Crippen LogP contribution is -2.78. The molecule has 1 saturated heterocycles. The van der Waals surface area contributed by atoms with E-state index < -0.39 is 11.0 Å². The van der Waals surface area contributed by atoms with Crippen LogP contribution in [0.25, 0.3) is 0 Å². The Labute approximate surface area is 206 Å². The van der Waals surface area contributed by atoms with E-state index in [0.717, 1.165) is 49.4 Å². The van der Waals surface area contributed by atoms with Crippen LogP contribution in [0.2, 0.25) is 0 Å². The number of rotatable bonds is 5. The Morgan fingerprint density at radius 1 is 1.29 bits per heavy atom. The number of likely N-dealkylation sites (N-methyl/N-ethyl adjacent to an activating group) is 1. The molecule has 6 aliphatic rings. The van der Waals surface area contributed by atoms with E-state index in [2.05, 4.69) is 17.1 Å². The van der Waals surface area contributed by atoms with Crippen LogP contribution < -0.4 is 4.74 Å². The molecular formula is C29H34N2O4. The van der Waals surface area contributed by atoms with Gasteiger partial charge in [0.15, 0.2) is 11.5 Å². The minimum atomic E-state index is -0.924. The molecule has 4 aliphatic carbocycles. The van der Waals surface area contributed by atoms with Gasteiger partial charge in [0.1, 0.15) is 6.10 Å². The van der Waals surface area contributed by atoms with Crippen LogP contribution in [0, 0.1) is 5.92 Å². The molecule has 5 atom stereocenters. The Kier molecular flexibility index (Phi) is 4.63. The van der Waals surface area contributed by atoms with Crippen LogP contribution in [0.5, 0.6) is 11.5 Å². The molecule has 184 valence electrons. The van der Waals surface area contributed by atoms with Crippen LogP contribution in [0.3, 0.4) is 0 Å². The van der Waals surface area contributed by atoms with Gasteiger partial charge in [0.25, 0.3) is 0 Å².